The second-order valence-corrected chi connectivity index (χ2v) is 12.1. The zero-order valence-electron chi connectivity index (χ0n) is 27.9. The number of esters is 2. The highest BCUT2D eigenvalue weighted by molar-refractivity contribution is 9.10. The minimum absolute atomic E-state index is 0.318. The highest BCUT2D eigenvalue weighted by atomic mass is 79.9. The van der Waals surface area contributed by atoms with Gasteiger partial charge in [-0.1, -0.05) is 48.6 Å². The zero-order valence-corrected chi connectivity index (χ0v) is 31.1. The van der Waals surface area contributed by atoms with Gasteiger partial charge in [0.15, 0.2) is 12.2 Å². The molecule has 0 aromatic heterocycles. The molecule has 0 saturated carbocycles. The third kappa shape index (κ3) is 13.2. The van der Waals surface area contributed by atoms with E-state index in [0.717, 1.165) is 31.2 Å². The van der Waals surface area contributed by atoms with Crippen molar-refractivity contribution in [2.45, 2.75) is 52.7 Å². The topological polar surface area (TPSA) is 89.5 Å². The summed E-state index contributed by atoms with van der Waals surface area (Å²) in [5.74, 6) is 0.714. The molecule has 48 heavy (non-hydrogen) atoms. The molecule has 0 aliphatic rings. The molecule has 0 fully saturated rings. The lowest BCUT2D eigenvalue weighted by molar-refractivity contribution is -0.157. The van der Waals surface area contributed by atoms with E-state index in [2.05, 4.69) is 31.9 Å². The van der Waals surface area contributed by atoms with Crippen LogP contribution in [0.4, 0.5) is 0 Å². The fourth-order valence-electron chi connectivity index (χ4n) is 4.66. The predicted molar refractivity (Wildman–Crippen MR) is 195 cm³/mol. The van der Waals surface area contributed by atoms with E-state index in [-0.39, 0.29) is 11.9 Å². The third-order valence-electron chi connectivity index (χ3n) is 6.90. The van der Waals surface area contributed by atoms with Crippen LogP contribution in [-0.2, 0) is 41.4 Å². The van der Waals surface area contributed by atoms with Crippen LogP contribution in [0.5, 0.6) is 11.5 Å². The minimum atomic E-state index is -0.635. The van der Waals surface area contributed by atoms with Crippen LogP contribution in [0.25, 0.3) is 12.2 Å². The van der Waals surface area contributed by atoms with E-state index in [1.807, 2.05) is 98.8 Å². The first-order valence-corrected chi connectivity index (χ1v) is 17.7. The van der Waals surface area contributed by atoms with Gasteiger partial charge in [-0.3, -0.25) is 0 Å². The number of carbonyl (C=O) groups excluding carboxylic acids is 2. The smallest absolute Gasteiger partial charge is 0.335 e. The molecule has 0 heterocycles. The predicted octanol–water partition coefficient (Wildman–Crippen LogP) is 8.42. The van der Waals surface area contributed by atoms with E-state index in [9.17, 15) is 9.59 Å². The number of rotatable bonds is 20. The van der Waals surface area contributed by atoms with Crippen molar-refractivity contribution >= 4 is 56.0 Å². The van der Waals surface area contributed by atoms with Gasteiger partial charge < -0.3 is 28.4 Å². The lowest BCUT2D eigenvalue weighted by Crippen LogP contribution is -2.29. The number of carbonyl (C=O) groups is 2. The molecule has 0 spiro atoms. The van der Waals surface area contributed by atoms with Crippen molar-refractivity contribution < 1.29 is 38.0 Å². The number of hydrogen-bond acceptors (Lipinski definition) is 8. The first-order chi connectivity index (χ1) is 23.3. The summed E-state index contributed by atoms with van der Waals surface area (Å²) >= 11 is 7.15. The number of halogens is 2. The van der Waals surface area contributed by atoms with Crippen molar-refractivity contribution in [1.29, 1.82) is 0 Å². The summed E-state index contributed by atoms with van der Waals surface area (Å²) in [7, 11) is 0. The molecule has 0 bridgehead atoms. The summed E-state index contributed by atoms with van der Waals surface area (Å²) in [6.07, 6.45) is 7.52. The van der Waals surface area contributed by atoms with Gasteiger partial charge in [-0.25, -0.2) is 9.59 Å². The van der Waals surface area contributed by atoms with Crippen molar-refractivity contribution in [3.05, 3.63) is 104 Å². The minimum Gasteiger partial charge on any atom is -0.488 e. The molecule has 0 radical (unpaired) electrons. The van der Waals surface area contributed by atoms with Gasteiger partial charge in [0, 0.05) is 26.1 Å². The molecule has 3 aromatic rings. The van der Waals surface area contributed by atoms with Crippen LogP contribution in [0.1, 0.15) is 49.9 Å². The average Bonchev–Trinajstić information content (AvgIpc) is 3.07. The maximum atomic E-state index is 12.2. The van der Waals surface area contributed by atoms with Crippen LogP contribution in [0.2, 0.25) is 0 Å². The van der Waals surface area contributed by atoms with Gasteiger partial charge in [-0.15, -0.1) is 0 Å². The number of benzene rings is 3. The largest absolute Gasteiger partial charge is 0.488 e. The molecule has 3 rings (SSSR count). The van der Waals surface area contributed by atoms with Crippen LogP contribution in [-0.4, -0.2) is 63.8 Å². The van der Waals surface area contributed by atoms with Crippen LogP contribution in [0, 0.1) is 0 Å². The van der Waals surface area contributed by atoms with E-state index in [1.54, 1.807) is 13.8 Å². The van der Waals surface area contributed by atoms with E-state index >= 15 is 0 Å². The second kappa shape index (κ2) is 21.5. The third-order valence-corrected chi connectivity index (χ3v) is 8.14. The Kier molecular flexibility index (Phi) is 17.5. The molecule has 0 saturated heterocycles. The summed E-state index contributed by atoms with van der Waals surface area (Å²) in [6.45, 7) is 9.57. The van der Waals surface area contributed by atoms with E-state index in [4.69, 9.17) is 28.4 Å². The summed E-state index contributed by atoms with van der Waals surface area (Å²) in [4.78, 5) is 24.4. The number of hydrogen-bond donors (Lipinski definition) is 0. The van der Waals surface area contributed by atoms with Gasteiger partial charge >= 0.3 is 11.9 Å². The van der Waals surface area contributed by atoms with Gasteiger partial charge in [0.25, 0.3) is 0 Å². The fraction of sp³-hybridized carbons (Fsp3) is 0.368. The molecule has 8 nitrogen and oxygen atoms in total. The Morgan fingerprint density at radius 2 is 1.00 bits per heavy atom. The monoisotopic (exact) mass is 786 g/mol. The van der Waals surface area contributed by atoms with Gasteiger partial charge in [0.2, 0.25) is 0 Å². The normalized spacial score (nSPS) is 12.6. The van der Waals surface area contributed by atoms with Crippen molar-refractivity contribution in [3.63, 3.8) is 0 Å². The van der Waals surface area contributed by atoms with Crippen LogP contribution < -0.4 is 9.47 Å². The highest BCUT2D eigenvalue weighted by Gasteiger charge is 2.22. The molecule has 0 aliphatic carbocycles. The Hall–Kier alpha value is -3.44. The summed E-state index contributed by atoms with van der Waals surface area (Å²) in [5.41, 5.74) is 4.00. The quantitative estimate of drug-likeness (QED) is 0.106. The molecular formula is C38H44Br2O8. The molecule has 3 aromatic carbocycles. The summed E-state index contributed by atoms with van der Waals surface area (Å²) < 4.78 is 34.9. The van der Waals surface area contributed by atoms with Gasteiger partial charge in [-0.05, 0) is 118 Å². The van der Waals surface area contributed by atoms with Crippen molar-refractivity contribution in [2.24, 2.45) is 0 Å². The first-order valence-electron chi connectivity index (χ1n) is 16.1. The molecule has 0 amide bonds. The maximum absolute atomic E-state index is 12.2. The first kappa shape index (κ1) is 39.0. The van der Waals surface area contributed by atoms with Crippen LogP contribution >= 0.6 is 31.9 Å². The van der Waals surface area contributed by atoms with Gasteiger partial charge in [-0.2, -0.15) is 0 Å². The van der Waals surface area contributed by atoms with E-state index < -0.39 is 12.2 Å². The Bertz CT molecular complexity index is 1390. The van der Waals surface area contributed by atoms with Crippen LogP contribution in [0.3, 0.4) is 0 Å². The molecule has 258 valence electrons. The Balaban J connectivity index is 1.45. The Labute approximate surface area is 300 Å². The molecule has 2 atom stereocenters. The standard InChI is InChI=1S/C38H44Br2O8/c1-5-43-35(37(41)45-7-3)25-29-17-19-33(31(39)23-29)47-21-9-11-27-13-15-28(16-14-27)12-10-22-48-34-20-18-30(24-32(34)40)26-36(44-6-2)38(42)46-8-4/h9-20,23-24,35-36H,5-8,21-22,25-26H2,1-4H3/b11-9+,12-10+. The van der Waals surface area contributed by atoms with E-state index in [1.165, 1.54) is 0 Å². The Morgan fingerprint density at radius 1 is 0.604 bits per heavy atom. The molecule has 0 N–H and O–H groups in total. The van der Waals surface area contributed by atoms with Crippen LogP contribution in [0.15, 0.2) is 81.8 Å². The number of ether oxygens (including phenoxy) is 6. The highest BCUT2D eigenvalue weighted by Crippen LogP contribution is 2.28. The van der Waals surface area contributed by atoms with Crippen molar-refractivity contribution in [1.82, 2.24) is 0 Å². The van der Waals surface area contributed by atoms with E-state index in [0.29, 0.717) is 64.0 Å². The SMILES string of the molecule is CCOC(=O)C(Cc1ccc(OC/C=C/c2ccc(/C=C/COc3ccc(CC(OCC)C(=O)OCC)cc3Br)cc2)c(Br)c1)OCC. The van der Waals surface area contributed by atoms with Gasteiger partial charge in [0.1, 0.15) is 24.7 Å². The maximum Gasteiger partial charge on any atom is 0.335 e. The second-order valence-electron chi connectivity index (χ2n) is 10.4. The molecular weight excluding hydrogens is 744 g/mol. The van der Waals surface area contributed by atoms with Crippen molar-refractivity contribution in [2.75, 3.05) is 39.6 Å². The lowest BCUT2D eigenvalue weighted by atomic mass is 10.1. The summed E-state index contributed by atoms with van der Waals surface area (Å²) in [5, 5.41) is 0. The zero-order chi connectivity index (χ0) is 34.7. The fourth-order valence-corrected chi connectivity index (χ4v) is 5.74. The molecule has 0 aliphatic heterocycles. The average molecular weight is 789 g/mol. The Morgan fingerprint density at radius 3 is 1.33 bits per heavy atom. The van der Waals surface area contributed by atoms with Crippen molar-refractivity contribution in [3.8, 4) is 11.5 Å². The lowest BCUT2D eigenvalue weighted by Gasteiger charge is -2.16. The summed E-state index contributed by atoms with van der Waals surface area (Å²) in [6, 6.07) is 19.7. The molecule has 2 unspecified atom stereocenters. The van der Waals surface area contributed by atoms with Gasteiger partial charge in [0.05, 0.1) is 22.2 Å². The molecule has 10 heteroatoms.